The number of rotatable bonds is 14. The van der Waals surface area contributed by atoms with Gasteiger partial charge in [-0.15, -0.1) is 0 Å². The van der Waals surface area contributed by atoms with Crippen LogP contribution in [0.25, 0.3) is 22.4 Å². The number of carboxylic acid groups (broad SMARTS) is 1. The number of aromatic carboxylic acids is 1. The molecule has 4 amide bonds. The SMILES string of the molecule is CC(C)Oc1c(NC(=O)c2ccc(NC(=O)C(NC(=O)c3ccc(-c4nc5cc(C#N)ccc5n4C)cc3)C(C)(C)[N+](=O)[O-])cc2)ccc(C(=O)Nc2ccc(C(=O)O)cc2)c1O. The number of benzene rings is 5. The fourth-order valence-corrected chi connectivity index (χ4v) is 6.40. The number of ether oxygens (including phenoxy) is 1. The molecule has 0 saturated heterocycles. The molecule has 6 rings (SSSR count). The molecule has 0 fully saturated rings. The van der Waals surface area contributed by atoms with E-state index in [1.54, 1.807) is 44.2 Å². The summed E-state index contributed by atoms with van der Waals surface area (Å²) < 4.78 is 7.62. The minimum atomic E-state index is -1.97. The molecule has 18 nitrogen and oxygen atoms in total. The average Bonchev–Trinajstić information content (AvgIpc) is 3.58. The van der Waals surface area contributed by atoms with Crippen LogP contribution >= 0.6 is 0 Å². The number of aryl methyl sites for hydroxylation is 1. The molecular formula is C45H40N8O10. The molecule has 0 aliphatic rings. The van der Waals surface area contributed by atoms with Gasteiger partial charge in [0, 0.05) is 53.9 Å². The maximum absolute atomic E-state index is 13.6. The Morgan fingerprint density at radius 3 is 1.98 bits per heavy atom. The number of nitro groups is 1. The van der Waals surface area contributed by atoms with E-state index in [0.717, 1.165) is 5.52 Å². The molecule has 320 valence electrons. The maximum atomic E-state index is 13.6. The lowest BCUT2D eigenvalue weighted by Crippen LogP contribution is -2.59. The van der Waals surface area contributed by atoms with Crippen LogP contribution in [0.5, 0.6) is 11.5 Å². The molecule has 0 spiro atoms. The van der Waals surface area contributed by atoms with Crippen LogP contribution in [0, 0.1) is 21.4 Å². The molecule has 0 aliphatic carbocycles. The van der Waals surface area contributed by atoms with Crippen LogP contribution < -0.4 is 26.0 Å². The van der Waals surface area contributed by atoms with Crippen LogP contribution in [0.4, 0.5) is 17.1 Å². The highest BCUT2D eigenvalue weighted by Gasteiger charge is 2.47. The lowest BCUT2D eigenvalue weighted by Gasteiger charge is -2.26. The number of hydrogen-bond donors (Lipinski definition) is 6. The zero-order chi connectivity index (χ0) is 45.7. The lowest BCUT2D eigenvalue weighted by atomic mass is 9.94. The summed E-state index contributed by atoms with van der Waals surface area (Å²) in [6.45, 7) is 5.75. The number of phenols is 1. The number of aromatic nitrogens is 2. The van der Waals surface area contributed by atoms with Gasteiger partial charge in [0.2, 0.25) is 5.54 Å². The molecule has 6 N–H and O–H groups in total. The predicted molar refractivity (Wildman–Crippen MR) is 231 cm³/mol. The smallest absolute Gasteiger partial charge is 0.335 e. The van der Waals surface area contributed by atoms with E-state index in [1.807, 2.05) is 11.6 Å². The van der Waals surface area contributed by atoms with E-state index in [9.17, 15) is 44.5 Å². The molecule has 1 heterocycles. The topological polar surface area (TPSA) is 268 Å². The third-order valence-electron chi connectivity index (χ3n) is 9.91. The number of carbonyl (C=O) groups excluding carboxylic acids is 4. The Morgan fingerprint density at radius 2 is 1.40 bits per heavy atom. The first-order chi connectivity index (χ1) is 29.9. The van der Waals surface area contributed by atoms with Gasteiger partial charge in [-0.3, -0.25) is 29.3 Å². The highest BCUT2D eigenvalue weighted by Crippen LogP contribution is 2.39. The van der Waals surface area contributed by atoms with Crippen molar-refractivity contribution in [2.24, 2.45) is 7.05 Å². The molecule has 0 bridgehead atoms. The number of imidazole rings is 1. The molecule has 0 saturated carbocycles. The molecule has 0 radical (unpaired) electrons. The van der Waals surface area contributed by atoms with Crippen molar-refractivity contribution in [3.05, 3.63) is 141 Å². The molecule has 1 aromatic heterocycles. The fraction of sp³-hybridized carbons (Fsp3) is 0.178. The summed E-state index contributed by atoms with van der Waals surface area (Å²) in [5, 5.41) is 51.9. The summed E-state index contributed by atoms with van der Waals surface area (Å²) in [4.78, 5) is 80.9. The van der Waals surface area contributed by atoms with Gasteiger partial charge in [-0.25, -0.2) is 9.78 Å². The van der Waals surface area contributed by atoms with Crippen molar-refractivity contribution in [1.82, 2.24) is 14.9 Å². The minimum Gasteiger partial charge on any atom is -0.504 e. The summed E-state index contributed by atoms with van der Waals surface area (Å²) in [6, 6.07) is 25.4. The van der Waals surface area contributed by atoms with Gasteiger partial charge in [0.05, 0.1) is 45.6 Å². The second-order valence-electron chi connectivity index (χ2n) is 15.1. The second kappa shape index (κ2) is 17.9. The van der Waals surface area contributed by atoms with Crippen molar-refractivity contribution in [2.45, 2.75) is 45.4 Å². The van der Waals surface area contributed by atoms with Crippen molar-refractivity contribution in [3.8, 4) is 29.0 Å². The normalized spacial score (nSPS) is 11.6. The van der Waals surface area contributed by atoms with Gasteiger partial charge in [-0.2, -0.15) is 5.26 Å². The number of amides is 4. The Kier molecular flexibility index (Phi) is 12.5. The summed E-state index contributed by atoms with van der Waals surface area (Å²) in [6.07, 6.45) is -0.495. The number of nitriles is 1. The number of phenolic OH excluding ortho intramolecular Hbond substituents is 1. The number of carboxylic acids is 1. The predicted octanol–water partition coefficient (Wildman–Crippen LogP) is 6.60. The first kappa shape index (κ1) is 44.0. The maximum Gasteiger partial charge on any atom is 0.335 e. The van der Waals surface area contributed by atoms with Crippen LogP contribution in [-0.4, -0.2) is 72.0 Å². The third kappa shape index (κ3) is 9.58. The van der Waals surface area contributed by atoms with E-state index >= 15 is 0 Å². The van der Waals surface area contributed by atoms with Gasteiger partial charge in [-0.1, -0.05) is 12.1 Å². The van der Waals surface area contributed by atoms with Crippen molar-refractivity contribution >= 4 is 57.7 Å². The molecule has 0 aliphatic heterocycles. The fourth-order valence-electron chi connectivity index (χ4n) is 6.40. The first-order valence-electron chi connectivity index (χ1n) is 19.2. The number of nitrogens with zero attached hydrogens (tertiary/aromatic N) is 4. The van der Waals surface area contributed by atoms with Crippen molar-refractivity contribution in [3.63, 3.8) is 0 Å². The molecule has 5 aromatic carbocycles. The number of fused-ring (bicyclic) bond motifs is 1. The Balaban J connectivity index is 1.14. The summed E-state index contributed by atoms with van der Waals surface area (Å²) in [5.41, 5.74) is 1.05. The number of hydrogen-bond acceptors (Lipinski definition) is 11. The van der Waals surface area contributed by atoms with Crippen LogP contribution in [0.2, 0.25) is 0 Å². The number of nitrogens with one attached hydrogen (secondary N) is 4. The molecule has 1 unspecified atom stereocenters. The lowest BCUT2D eigenvalue weighted by molar-refractivity contribution is -0.562. The minimum absolute atomic E-state index is 0.0173. The zero-order valence-electron chi connectivity index (χ0n) is 34.4. The Hall–Kier alpha value is -8.59. The Morgan fingerprint density at radius 1 is 0.810 bits per heavy atom. The molecule has 1 atom stereocenters. The van der Waals surface area contributed by atoms with Crippen molar-refractivity contribution in [2.75, 3.05) is 16.0 Å². The summed E-state index contributed by atoms with van der Waals surface area (Å²) >= 11 is 0. The standard InChI is InChI=1S/C45H40N8O10/c1-24(2)63-37-33(20-19-32(36(37)54)42(57)47-30-17-13-29(14-18-30)44(59)60)50-40(55)28-11-15-31(16-12-28)48-43(58)38(45(3,4)53(61)62)51-41(56)27-9-7-26(8-10-27)39-49-34-22-25(23-46)6-21-35(34)52(39)5/h6-22,24,38,54H,1-5H3,(H,47,57)(H,48,58)(H,50,55)(H,51,56)(H,59,60). The second-order valence-corrected chi connectivity index (χ2v) is 15.1. The molecular weight excluding hydrogens is 813 g/mol. The van der Waals surface area contributed by atoms with Crippen LogP contribution in [-0.2, 0) is 11.8 Å². The van der Waals surface area contributed by atoms with Crippen molar-refractivity contribution < 1.29 is 43.8 Å². The number of aromatic hydroxyl groups is 1. The van der Waals surface area contributed by atoms with Gasteiger partial charge < -0.3 is 40.8 Å². The van der Waals surface area contributed by atoms with Crippen LogP contribution in [0.1, 0.15) is 74.7 Å². The Bertz CT molecular complexity index is 2830. The highest BCUT2D eigenvalue weighted by molar-refractivity contribution is 6.10. The Labute approximate surface area is 359 Å². The largest absolute Gasteiger partial charge is 0.504 e. The van der Waals surface area contributed by atoms with E-state index < -0.39 is 58.0 Å². The van der Waals surface area contributed by atoms with Crippen molar-refractivity contribution in [1.29, 1.82) is 5.26 Å². The van der Waals surface area contributed by atoms with Gasteiger partial charge in [0.15, 0.2) is 17.5 Å². The van der Waals surface area contributed by atoms with E-state index in [0.29, 0.717) is 22.5 Å². The van der Waals surface area contributed by atoms with Crippen LogP contribution in [0.15, 0.2) is 103 Å². The first-order valence-corrected chi connectivity index (χ1v) is 19.2. The monoisotopic (exact) mass is 852 g/mol. The molecule has 6 aromatic rings. The number of carbonyl (C=O) groups is 5. The summed E-state index contributed by atoms with van der Waals surface area (Å²) in [5.74, 6) is -4.36. The van der Waals surface area contributed by atoms with E-state index in [4.69, 9.17) is 9.84 Å². The van der Waals surface area contributed by atoms with Gasteiger partial charge in [0.1, 0.15) is 5.82 Å². The van der Waals surface area contributed by atoms with Gasteiger partial charge in [0.25, 0.3) is 23.6 Å². The van der Waals surface area contributed by atoms with E-state index in [1.165, 1.54) is 86.6 Å². The third-order valence-corrected chi connectivity index (χ3v) is 9.91. The van der Waals surface area contributed by atoms with E-state index in [-0.39, 0.29) is 45.1 Å². The zero-order valence-corrected chi connectivity index (χ0v) is 34.4. The van der Waals surface area contributed by atoms with Crippen LogP contribution in [0.3, 0.4) is 0 Å². The van der Waals surface area contributed by atoms with E-state index in [2.05, 4.69) is 32.3 Å². The molecule has 18 heteroatoms. The summed E-state index contributed by atoms with van der Waals surface area (Å²) in [7, 11) is 1.81. The quantitative estimate of drug-likeness (QED) is 0.0500. The van der Waals surface area contributed by atoms with Gasteiger partial charge >= 0.3 is 5.97 Å². The van der Waals surface area contributed by atoms with Gasteiger partial charge in [-0.05, 0) is 105 Å². The average molecular weight is 853 g/mol. The molecule has 63 heavy (non-hydrogen) atoms. The number of anilines is 3. The highest BCUT2D eigenvalue weighted by atomic mass is 16.6.